The smallest absolute Gasteiger partial charge is 0.343 e. The highest BCUT2D eigenvalue weighted by Gasteiger charge is 2.14. The van der Waals surface area contributed by atoms with Crippen molar-refractivity contribution in [3.05, 3.63) is 76.3 Å². The Kier molecular flexibility index (Phi) is 4.16. The van der Waals surface area contributed by atoms with Crippen LogP contribution in [0.25, 0.3) is 21.9 Å². The average molecular weight is 359 g/mol. The van der Waals surface area contributed by atoms with Gasteiger partial charge in [-0.15, -0.1) is 0 Å². The first-order chi connectivity index (χ1) is 13.1. The van der Waals surface area contributed by atoms with Crippen molar-refractivity contribution in [2.45, 2.75) is 20.4 Å². The lowest BCUT2D eigenvalue weighted by atomic mass is 10.1. The van der Waals surface area contributed by atoms with Crippen molar-refractivity contribution in [2.24, 2.45) is 0 Å². The van der Waals surface area contributed by atoms with Crippen LogP contribution < -0.4 is 10.3 Å². The first kappa shape index (κ1) is 16.9. The molecule has 134 valence electrons. The Hall–Kier alpha value is -3.54. The van der Waals surface area contributed by atoms with Gasteiger partial charge in [0.2, 0.25) is 0 Å². The van der Waals surface area contributed by atoms with Gasteiger partial charge in [0.05, 0.1) is 16.6 Å². The molecule has 0 bridgehead atoms. The second-order valence-corrected chi connectivity index (χ2v) is 6.17. The molecule has 6 heteroatoms. The summed E-state index contributed by atoms with van der Waals surface area (Å²) < 4.78 is 7.22. The highest BCUT2D eigenvalue weighted by Crippen LogP contribution is 2.24. The van der Waals surface area contributed by atoms with E-state index in [9.17, 15) is 9.59 Å². The molecule has 2 aromatic heterocycles. The third-order valence-corrected chi connectivity index (χ3v) is 4.46. The Morgan fingerprint density at radius 1 is 1.15 bits per heavy atom. The highest BCUT2D eigenvalue weighted by atomic mass is 16.5. The van der Waals surface area contributed by atoms with E-state index in [1.54, 1.807) is 42.0 Å². The van der Waals surface area contributed by atoms with Crippen molar-refractivity contribution in [3.63, 3.8) is 0 Å². The number of carbonyl (C=O) groups is 1. The van der Waals surface area contributed by atoms with Crippen LogP contribution >= 0.6 is 0 Å². The van der Waals surface area contributed by atoms with E-state index in [1.807, 2.05) is 31.2 Å². The zero-order valence-corrected chi connectivity index (χ0v) is 15.0. The van der Waals surface area contributed by atoms with E-state index in [-0.39, 0.29) is 5.56 Å². The fourth-order valence-corrected chi connectivity index (χ4v) is 3.13. The fourth-order valence-electron chi connectivity index (χ4n) is 3.13. The van der Waals surface area contributed by atoms with E-state index >= 15 is 0 Å². The van der Waals surface area contributed by atoms with Crippen molar-refractivity contribution >= 4 is 27.9 Å². The maximum atomic E-state index is 12.7. The van der Waals surface area contributed by atoms with Crippen molar-refractivity contribution in [1.29, 1.82) is 0 Å². The van der Waals surface area contributed by atoms with Crippen LogP contribution in [-0.2, 0) is 6.54 Å². The fraction of sp³-hybridized carbons (Fsp3) is 0.143. The lowest BCUT2D eigenvalue weighted by Gasteiger charge is -2.10. The van der Waals surface area contributed by atoms with E-state index in [2.05, 4.69) is 9.97 Å². The number of para-hydroxylation sites is 1. The number of ether oxygens (including phenoxy) is 1. The molecule has 0 radical (unpaired) electrons. The van der Waals surface area contributed by atoms with Gasteiger partial charge in [-0.2, -0.15) is 0 Å². The lowest BCUT2D eigenvalue weighted by molar-refractivity contribution is 0.0737. The van der Waals surface area contributed by atoms with Crippen LogP contribution in [0.4, 0.5) is 0 Å². The molecule has 4 rings (SSSR count). The molecule has 0 amide bonds. The van der Waals surface area contributed by atoms with Crippen LogP contribution in [0.15, 0.2) is 59.5 Å². The number of pyridine rings is 1. The molecule has 0 spiro atoms. The predicted octanol–water partition coefficient (Wildman–Crippen LogP) is 3.49. The molecule has 2 heterocycles. The van der Waals surface area contributed by atoms with Crippen molar-refractivity contribution in [3.8, 4) is 5.75 Å². The largest absolute Gasteiger partial charge is 0.421 e. The molecule has 0 saturated carbocycles. The summed E-state index contributed by atoms with van der Waals surface area (Å²) in [5.74, 6) is -0.0929. The van der Waals surface area contributed by atoms with Crippen LogP contribution in [0.3, 0.4) is 0 Å². The minimum absolute atomic E-state index is 0.123. The van der Waals surface area contributed by atoms with E-state index in [4.69, 9.17) is 4.74 Å². The maximum absolute atomic E-state index is 12.7. The molecule has 0 aliphatic carbocycles. The van der Waals surface area contributed by atoms with E-state index in [0.29, 0.717) is 40.1 Å². The quantitative estimate of drug-likeness (QED) is 0.413. The maximum Gasteiger partial charge on any atom is 0.343 e. The third-order valence-electron chi connectivity index (χ3n) is 4.46. The number of hydrogen-bond donors (Lipinski definition) is 0. The van der Waals surface area contributed by atoms with Crippen LogP contribution in [0.1, 0.15) is 23.0 Å². The van der Waals surface area contributed by atoms with Gasteiger partial charge in [0, 0.05) is 18.1 Å². The molecule has 0 aliphatic heterocycles. The molecule has 0 fully saturated rings. The second kappa shape index (κ2) is 6.64. The second-order valence-electron chi connectivity index (χ2n) is 6.17. The summed E-state index contributed by atoms with van der Waals surface area (Å²) in [6.45, 7) is 4.10. The van der Waals surface area contributed by atoms with Gasteiger partial charge in [0.25, 0.3) is 5.56 Å². The standard InChI is InChI=1S/C21H17N3O3/c1-3-24-17-10-9-15(12-16(17)23-13(2)20(24)25)21(26)27-18-8-4-6-14-7-5-11-22-19(14)18/h4-12H,3H2,1-2H3. The zero-order chi connectivity index (χ0) is 19.0. The summed E-state index contributed by atoms with van der Waals surface area (Å²) >= 11 is 0. The third kappa shape index (κ3) is 2.95. The summed E-state index contributed by atoms with van der Waals surface area (Å²) in [6.07, 6.45) is 1.66. The van der Waals surface area contributed by atoms with Gasteiger partial charge < -0.3 is 9.30 Å². The first-order valence-electron chi connectivity index (χ1n) is 8.65. The number of rotatable bonds is 3. The zero-order valence-electron chi connectivity index (χ0n) is 15.0. The Bertz CT molecular complexity index is 1240. The van der Waals surface area contributed by atoms with Crippen LogP contribution in [0, 0.1) is 6.92 Å². The number of esters is 1. The number of fused-ring (bicyclic) bond motifs is 2. The summed E-state index contributed by atoms with van der Waals surface area (Å²) in [7, 11) is 0. The molecular weight excluding hydrogens is 342 g/mol. The Morgan fingerprint density at radius 3 is 2.78 bits per heavy atom. The van der Waals surface area contributed by atoms with Gasteiger partial charge in [0.15, 0.2) is 5.75 Å². The molecule has 6 nitrogen and oxygen atoms in total. The lowest BCUT2D eigenvalue weighted by Crippen LogP contribution is -2.23. The first-order valence-corrected chi connectivity index (χ1v) is 8.65. The molecule has 27 heavy (non-hydrogen) atoms. The summed E-state index contributed by atoms with van der Waals surface area (Å²) in [5.41, 5.74) is 2.54. The Balaban J connectivity index is 1.75. The van der Waals surface area contributed by atoms with Gasteiger partial charge in [-0.25, -0.2) is 9.78 Å². The predicted molar refractivity (Wildman–Crippen MR) is 103 cm³/mol. The average Bonchev–Trinajstić information content (AvgIpc) is 2.69. The van der Waals surface area contributed by atoms with Crippen molar-refractivity contribution in [2.75, 3.05) is 0 Å². The number of aromatic nitrogens is 3. The number of nitrogens with zero attached hydrogens (tertiary/aromatic N) is 3. The van der Waals surface area contributed by atoms with Gasteiger partial charge in [-0.1, -0.05) is 18.2 Å². The van der Waals surface area contributed by atoms with Crippen LogP contribution in [-0.4, -0.2) is 20.5 Å². The van der Waals surface area contributed by atoms with Crippen molar-refractivity contribution < 1.29 is 9.53 Å². The normalized spacial score (nSPS) is 11.0. The van der Waals surface area contributed by atoms with Gasteiger partial charge in [0.1, 0.15) is 11.2 Å². The molecule has 2 aromatic carbocycles. The molecule has 0 unspecified atom stereocenters. The van der Waals surface area contributed by atoms with E-state index in [1.165, 1.54) is 0 Å². The van der Waals surface area contributed by atoms with Gasteiger partial charge >= 0.3 is 5.97 Å². The molecule has 0 N–H and O–H groups in total. The van der Waals surface area contributed by atoms with Gasteiger partial charge in [-0.3, -0.25) is 9.78 Å². The Morgan fingerprint density at radius 2 is 1.96 bits per heavy atom. The minimum atomic E-state index is -0.497. The van der Waals surface area contributed by atoms with Crippen LogP contribution in [0.2, 0.25) is 0 Å². The molecule has 0 aliphatic rings. The summed E-state index contributed by atoms with van der Waals surface area (Å²) in [5, 5.41) is 0.894. The number of hydrogen-bond acceptors (Lipinski definition) is 5. The minimum Gasteiger partial charge on any atom is -0.421 e. The molecule has 0 saturated heterocycles. The summed E-state index contributed by atoms with van der Waals surface area (Å²) in [6, 6.07) is 14.2. The van der Waals surface area contributed by atoms with Crippen LogP contribution in [0.5, 0.6) is 5.75 Å². The monoisotopic (exact) mass is 359 g/mol. The molecule has 0 atom stereocenters. The summed E-state index contributed by atoms with van der Waals surface area (Å²) in [4.78, 5) is 33.5. The molecular formula is C21H17N3O3. The number of aryl methyl sites for hydroxylation is 2. The highest BCUT2D eigenvalue weighted by molar-refractivity contribution is 5.96. The van der Waals surface area contributed by atoms with Crippen molar-refractivity contribution in [1.82, 2.24) is 14.5 Å². The topological polar surface area (TPSA) is 74.1 Å². The molecule has 4 aromatic rings. The number of carbonyl (C=O) groups excluding carboxylic acids is 1. The Labute approximate surface area is 155 Å². The number of benzene rings is 2. The van der Waals surface area contributed by atoms with Gasteiger partial charge in [-0.05, 0) is 44.2 Å². The van der Waals surface area contributed by atoms with E-state index < -0.39 is 5.97 Å². The van der Waals surface area contributed by atoms with E-state index in [0.717, 1.165) is 5.39 Å². The SMILES string of the molecule is CCn1c(=O)c(C)nc2cc(C(=O)Oc3cccc4cccnc34)ccc21.